The molecule has 0 fully saturated rings. The number of anilines is 1. The molecule has 1 amide bonds. The van der Waals surface area contributed by atoms with Crippen molar-refractivity contribution in [3.8, 4) is 11.5 Å². The van der Waals surface area contributed by atoms with E-state index in [1.54, 1.807) is 43.3 Å². The Morgan fingerprint density at radius 2 is 1.97 bits per heavy atom. The number of nitrogens with one attached hydrogen (secondary N) is 1. The summed E-state index contributed by atoms with van der Waals surface area (Å²) in [4.78, 5) is 12.7. The molecule has 0 spiro atoms. The summed E-state index contributed by atoms with van der Waals surface area (Å²) in [6, 6.07) is 11.8. The summed E-state index contributed by atoms with van der Waals surface area (Å²) >= 11 is 0.338. The van der Waals surface area contributed by atoms with Gasteiger partial charge in [-0.05, 0) is 18.2 Å². The number of thioether (sulfide) groups is 1. The third-order valence-electron chi connectivity index (χ3n) is 4.06. The zero-order valence-corrected chi connectivity index (χ0v) is 16.6. The highest BCUT2D eigenvalue weighted by atomic mass is 32.2. The Hall–Kier alpha value is -3.07. The van der Waals surface area contributed by atoms with E-state index in [2.05, 4.69) is 10.4 Å². The number of benzene rings is 2. The van der Waals surface area contributed by atoms with Gasteiger partial charge in [0.15, 0.2) is 11.5 Å². The molecule has 1 heterocycles. The van der Waals surface area contributed by atoms with Crippen molar-refractivity contribution in [3.63, 3.8) is 0 Å². The zero-order chi connectivity index (χ0) is 20.8. The van der Waals surface area contributed by atoms with Crippen LogP contribution >= 0.6 is 11.8 Å². The van der Waals surface area contributed by atoms with Crippen molar-refractivity contribution < 1.29 is 23.0 Å². The molecule has 3 aromatic rings. The molecule has 0 aliphatic carbocycles. The molecule has 2 aromatic carbocycles. The fourth-order valence-electron chi connectivity index (χ4n) is 2.82. The molecule has 1 aromatic heterocycles. The topological polar surface area (TPSA) is 65.4 Å². The van der Waals surface area contributed by atoms with Crippen LogP contribution in [-0.2, 0) is 6.54 Å². The summed E-state index contributed by atoms with van der Waals surface area (Å²) in [7, 11) is 3.12. The van der Waals surface area contributed by atoms with Gasteiger partial charge in [-0.25, -0.2) is 0 Å². The second-order valence-electron chi connectivity index (χ2n) is 5.91. The van der Waals surface area contributed by atoms with E-state index in [9.17, 15) is 13.6 Å². The number of para-hydroxylation sites is 1. The van der Waals surface area contributed by atoms with Crippen LogP contribution < -0.4 is 14.8 Å². The summed E-state index contributed by atoms with van der Waals surface area (Å²) in [5, 5.41) is 6.93. The van der Waals surface area contributed by atoms with Gasteiger partial charge in [-0.2, -0.15) is 13.9 Å². The lowest BCUT2D eigenvalue weighted by molar-refractivity contribution is 0.102. The van der Waals surface area contributed by atoms with Gasteiger partial charge >= 0.3 is 0 Å². The summed E-state index contributed by atoms with van der Waals surface area (Å²) < 4.78 is 37.8. The molecule has 3 rings (SSSR count). The summed E-state index contributed by atoms with van der Waals surface area (Å²) in [5.74, 6) is -1.87. The Morgan fingerprint density at radius 3 is 2.69 bits per heavy atom. The fourth-order valence-corrected chi connectivity index (χ4v) is 3.46. The molecule has 0 aliphatic rings. The Kier molecular flexibility index (Phi) is 6.71. The monoisotopic (exact) mass is 419 g/mol. The van der Waals surface area contributed by atoms with Crippen LogP contribution in [0.3, 0.4) is 0 Å². The van der Waals surface area contributed by atoms with Gasteiger partial charge in [0.05, 0.1) is 38.2 Å². The Balaban J connectivity index is 1.74. The molecule has 0 saturated heterocycles. The molecule has 0 radical (unpaired) electrons. The normalized spacial score (nSPS) is 10.8. The highest BCUT2D eigenvalue weighted by molar-refractivity contribution is 7.99. The van der Waals surface area contributed by atoms with Gasteiger partial charge < -0.3 is 14.8 Å². The molecule has 1 N–H and O–H groups in total. The second kappa shape index (κ2) is 9.42. The number of carbonyl (C=O) groups is 1. The number of amides is 1. The van der Waals surface area contributed by atoms with Crippen LogP contribution in [0.15, 0.2) is 59.8 Å². The molecule has 0 unspecified atom stereocenters. The van der Waals surface area contributed by atoms with E-state index in [0.29, 0.717) is 35.5 Å². The molecule has 29 heavy (non-hydrogen) atoms. The van der Waals surface area contributed by atoms with Crippen molar-refractivity contribution >= 4 is 23.4 Å². The van der Waals surface area contributed by atoms with E-state index in [4.69, 9.17) is 9.47 Å². The van der Waals surface area contributed by atoms with E-state index in [1.807, 2.05) is 12.1 Å². The Labute approximate surface area is 170 Å². The van der Waals surface area contributed by atoms with Crippen LogP contribution in [0.1, 0.15) is 15.9 Å². The average Bonchev–Trinajstić information content (AvgIpc) is 3.14. The van der Waals surface area contributed by atoms with Crippen LogP contribution in [0, 0.1) is 0 Å². The molecule has 0 atom stereocenters. The number of methoxy groups -OCH3 is 2. The van der Waals surface area contributed by atoms with Crippen molar-refractivity contribution in [2.45, 2.75) is 17.2 Å². The standard InChI is InChI=1S/C20H19F2N3O3S/c1-27-16-8-5-6-13(18(16)28-2)11-25-12-14(10-23-25)24-19(26)15-7-3-4-9-17(15)29-20(21)22/h3-10,12,20H,11H2,1-2H3,(H,24,26). The Bertz CT molecular complexity index is 995. The molecule has 9 heteroatoms. The smallest absolute Gasteiger partial charge is 0.288 e. The molecular formula is C20H19F2N3O3S. The summed E-state index contributed by atoms with van der Waals surface area (Å²) in [5.41, 5.74) is 1.49. The minimum Gasteiger partial charge on any atom is -0.493 e. The first-order chi connectivity index (χ1) is 14.0. The lowest BCUT2D eigenvalue weighted by Crippen LogP contribution is -2.12. The molecule has 0 bridgehead atoms. The van der Waals surface area contributed by atoms with E-state index in [1.165, 1.54) is 18.3 Å². The SMILES string of the molecule is COc1cccc(Cn2cc(NC(=O)c3ccccc3SC(F)F)cn2)c1OC. The summed E-state index contributed by atoms with van der Waals surface area (Å²) in [6.45, 7) is 0.397. The van der Waals surface area contributed by atoms with Gasteiger partial charge in [0.1, 0.15) is 0 Å². The predicted molar refractivity (Wildman–Crippen MR) is 107 cm³/mol. The van der Waals surface area contributed by atoms with Gasteiger partial charge in [-0.3, -0.25) is 9.48 Å². The van der Waals surface area contributed by atoms with E-state index in [-0.39, 0.29) is 10.5 Å². The van der Waals surface area contributed by atoms with Crippen molar-refractivity contribution in [2.75, 3.05) is 19.5 Å². The van der Waals surface area contributed by atoms with E-state index >= 15 is 0 Å². The average molecular weight is 419 g/mol. The van der Waals surface area contributed by atoms with Crippen LogP contribution in [0.25, 0.3) is 0 Å². The van der Waals surface area contributed by atoms with Crippen LogP contribution in [0.5, 0.6) is 11.5 Å². The van der Waals surface area contributed by atoms with Crippen LogP contribution in [0.2, 0.25) is 0 Å². The zero-order valence-electron chi connectivity index (χ0n) is 15.8. The first kappa shape index (κ1) is 20.7. The third kappa shape index (κ3) is 5.05. The number of alkyl halides is 2. The first-order valence-corrected chi connectivity index (χ1v) is 9.47. The van der Waals surface area contributed by atoms with Crippen molar-refractivity contribution in [1.82, 2.24) is 9.78 Å². The molecule has 6 nitrogen and oxygen atoms in total. The number of halogens is 2. The minimum absolute atomic E-state index is 0.181. The van der Waals surface area contributed by atoms with Gasteiger partial charge in [0.2, 0.25) is 0 Å². The Morgan fingerprint density at radius 1 is 1.17 bits per heavy atom. The van der Waals surface area contributed by atoms with Gasteiger partial charge in [-0.15, -0.1) is 0 Å². The quantitative estimate of drug-likeness (QED) is 0.544. The number of carbonyl (C=O) groups excluding carboxylic acids is 1. The maximum atomic E-state index is 12.7. The van der Waals surface area contributed by atoms with Gasteiger partial charge in [-0.1, -0.05) is 36.0 Å². The number of aromatic nitrogens is 2. The number of hydrogen-bond acceptors (Lipinski definition) is 5. The first-order valence-electron chi connectivity index (χ1n) is 8.59. The van der Waals surface area contributed by atoms with Gasteiger partial charge in [0, 0.05) is 16.7 Å². The van der Waals surface area contributed by atoms with Crippen molar-refractivity contribution in [3.05, 3.63) is 66.0 Å². The molecule has 152 valence electrons. The number of ether oxygens (including phenoxy) is 2. The number of rotatable bonds is 8. The van der Waals surface area contributed by atoms with Gasteiger partial charge in [0.25, 0.3) is 11.7 Å². The molecular weight excluding hydrogens is 400 g/mol. The minimum atomic E-state index is -2.61. The molecule has 0 aliphatic heterocycles. The van der Waals surface area contributed by atoms with Crippen molar-refractivity contribution in [1.29, 1.82) is 0 Å². The maximum absolute atomic E-state index is 12.7. The summed E-state index contributed by atoms with van der Waals surface area (Å²) in [6.07, 6.45) is 3.15. The predicted octanol–water partition coefficient (Wildman–Crippen LogP) is 4.52. The largest absolute Gasteiger partial charge is 0.493 e. The highest BCUT2D eigenvalue weighted by Crippen LogP contribution is 2.31. The highest BCUT2D eigenvalue weighted by Gasteiger charge is 2.16. The van der Waals surface area contributed by atoms with Crippen molar-refractivity contribution in [2.24, 2.45) is 0 Å². The van der Waals surface area contributed by atoms with Crippen LogP contribution in [0.4, 0.5) is 14.5 Å². The van der Waals surface area contributed by atoms with E-state index < -0.39 is 11.7 Å². The number of nitrogens with zero attached hydrogens (tertiary/aromatic N) is 2. The lowest BCUT2D eigenvalue weighted by atomic mass is 10.2. The maximum Gasteiger partial charge on any atom is 0.288 e. The van der Waals surface area contributed by atoms with Crippen LogP contribution in [-0.4, -0.2) is 35.7 Å². The fraction of sp³-hybridized carbons (Fsp3) is 0.200. The number of hydrogen-bond donors (Lipinski definition) is 1. The van der Waals surface area contributed by atoms with E-state index in [0.717, 1.165) is 5.56 Å². The third-order valence-corrected chi connectivity index (χ3v) is 4.84. The second-order valence-corrected chi connectivity index (χ2v) is 6.94. The molecule has 0 saturated carbocycles. The lowest BCUT2D eigenvalue weighted by Gasteiger charge is -2.12.